The summed E-state index contributed by atoms with van der Waals surface area (Å²) in [6, 6.07) is 8.82. The molecule has 1 aromatic rings. The molecule has 1 saturated heterocycles. The third-order valence-electron chi connectivity index (χ3n) is 4.81. The minimum absolute atomic E-state index is 0.0194. The summed E-state index contributed by atoms with van der Waals surface area (Å²) in [7, 11) is 0. The fourth-order valence-electron chi connectivity index (χ4n) is 3.34. The van der Waals surface area contributed by atoms with E-state index >= 15 is 0 Å². The molecular formula is C17H27N3. The smallest absolute Gasteiger partial charge is 0.0369 e. The number of nitrogens with zero attached hydrogens (tertiary/aromatic N) is 2. The normalized spacial score (nSPS) is 23.6. The number of anilines is 1. The standard InChI is InChI=1S/C17H27N3/c1-14-4-3-5-16(12-14)20-10-8-19(9-11-20)13-17(2,18)15-6-7-15/h3-5,12,15H,6-11,13,18H2,1-2H3/t17-/m0/s1. The number of hydrogen-bond acceptors (Lipinski definition) is 3. The van der Waals surface area contributed by atoms with Gasteiger partial charge in [0, 0.05) is 44.0 Å². The number of nitrogens with two attached hydrogens (primary N) is 1. The molecule has 0 spiro atoms. The highest BCUT2D eigenvalue weighted by Crippen LogP contribution is 2.38. The fourth-order valence-corrected chi connectivity index (χ4v) is 3.34. The largest absolute Gasteiger partial charge is 0.369 e. The van der Waals surface area contributed by atoms with Crippen LogP contribution in [0.15, 0.2) is 24.3 Å². The molecule has 2 fully saturated rings. The Balaban J connectivity index is 1.54. The quantitative estimate of drug-likeness (QED) is 0.913. The molecule has 2 aliphatic rings. The summed E-state index contributed by atoms with van der Waals surface area (Å²) in [6.07, 6.45) is 2.66. The predicted molar refractivity (Wildman–Crippen MR) is 85.1 cm³/mol. The van der Waals surface area contributed by atoms with Crippen molar-refractivity contribution in [1.82, 2.24) is 4.90 Å². The van der Waals surface area contributed by atoms with Gasteiger partial charge < -0.3 is 10.6 Å². The van der Waals surface area contributed by atoms with Gasteiger partial charge in [0.05, 0.1) is 0 Å². The summed E-state index contributed by atoms with van der Waals surface area (Å²) in [5.74, 6) is 0.761. The maximum absolute atomic E-state index is 6.46. The first-order chi connectivity index (χ1) is 9.54. The van der Waals surface area contributed by atoms with Crippen LogP contribution in [0.2, 0.25) is 0 Å². The van der Waals surface area contributed by atoms with Gasteiger partial charge in [-0.05, 0) is 50.3 Å². The molecular weight excluding hydrogens is 246 g/mol. The molecule has 1 saturated carbocycles. The molecule has 2 N–H and O–H groups in total. The lowest BCUT2D eigenvalue weighted by atomic mass is 9.96. The Morgan fingerprint density at radius 2 is 1.90 bits per heavy atom. The molecule has 0 aromatic heterocycles. The van der Waals surface area contributed by atoms with Crippen molar-refractivity contribution in [3.05, 3.63) is 29.8 Å². The van der Waals surface area contributed by atoms with Gasteiger partial charge in [-0.1, -0.05) is 12.1 Å². The molecule has 3 nitrogen and oxygen atoms in total. The zero-order valence-corrected chi connectivity index (χ0v) is 12.8. The highest BCUT2D eigenvalue weighted by Gasteiger charge is 2.39. The molecule has 110 valence electrons. The van der Waals surface area contributed by atoms with Gasteiger partial charge in [0.15, 0.2) is 0 Å². The van der Waals surface area contributed by atoms with Crippen LogP contribution >= 0.6 is 0 Å². The van der Waals surface area contributed by atoms with E-state index in [0.29, 0.717) is 0 Å². The van der Waals surface area contributed by atoms with Crippen LogP contribution in [0.3, 0.4) is 0 Å². The van der Waals surface area contributed by atoms with E-state index in [0.717, 1.165) is 38.6 Å². The summed E-state index contributed by atoms with van der Waals surface area (Å²) in [6.45, 7) is 9.95. The molecule has 3 rings (SSSR count). The van der Waals surface area contributed by atoms with Gasteiger partial charge >= 0.3 is 0 Å². The van der Waals surface area contributed by atoms with Crippen molar-refractivity contribution in [3.8, 4) is 0 Å². The van der Waals surface area contributed by atoms with E-state index in [-0.39, 0.29) is 5.54 Å². The van der Waals surface area contributed by atoms with Gasteiger partial charge in [-0.15, -0.1) is 0 Å². The zero-order valence-electron chi connectivity index (χ0n) is 12.8. The minimum atomic E-state index is 0.0194. The number of aryl methyl sites for hydroxylation is 1. The first kappa shape index (κ1) is 13.9. The zero-order chi connectivity index (χ0) is 14.2. The van der Waals surface area contributed by atoms with Crippen molar-refractivity contribution in [1.29, 1.82) is 0 Å². The van der Waals surface area contributed by atoms with Gasteiger partial charge in [0.1, 0.15) is 0 Å². The highest BCUT2D eigenvalue weighted by molar-refractivity contribution is 5.48. The Morgan fingerprint density at radius 3 is 2.50 bits per heavy atom. The lowest BCUT2D eigenvalue weighted by Gasteiger charge is -2.40. The van der Waals surface area contributed by atoms with E-state index in [2.05, 4.69) is 47.9 Å². The van der Waals surface area contributed by atoms with Gasteiger partial charge in [0.25, 0.3) is 0 Å². The van der Waals surface area contributed by atoms with E-state index in [4.69, 9.17) is 5.73 Å². The van der Waals surface area contributed by atoms with Crippen LogP contribution < -0.4 is 10.6 Å². The molecule has 0 amide bonds. The first-order valence-electron chi connectivity index (χ1n) is 7.87. The van der Waals surface area contributed by atoms with Crippen LogP contribution in [-0.4, -0.2) is 43.2 Å². The molecule has 1 atom stereocenters. The van der Waals surface area contributed by atoms with E-state index in [9.17, 15) is 0 Å². The number of rotatable bonds is 4. The second-order valence-electron chi connectivity index (χ2n) is 6.88. The second-order valence-corrected chi connectivity index (χ2v) is 6.88. The molecule has 0 unspecified atom stereocenters. The number of piperazine rings is 1. The lowest BCUT2D eigenvalue weighted by Crippen LogP contribution is -2.55. The van der Waals surface area contributed by atoms with Crippen molar-refractivity contribution >= 4 is 5.69 Å². The Labute approximate surface area is 122 Å². The van der Waals surface area contributed by atoms with Crippen LogP contribution in [0.4, 0.5) is 5.69 Å². The summed E-state index contributed by atoms with van der Waals surface area (Å²) < 4.78 is 0. The predicted octanol–water partition coefficient (Wildman–Crippen LogP) is 2.24. The number of benzene rings is 1. The van der Waals surface area contributed by atoms with Crippen LogP contribution in [0.25, 0.3) is 0 Å². The SMILES string of the molecule is Cc1cccc(N2CCN(C[C@](C)(N)C3CC3)CC2)c1. The van der Waals surface area contributed by atoms with Gasteiger partial charge in [0.2, 0.25) is 0 Å². The van der Waals surface area contributed by atoms with Crippen LogP contribution in [-0.2, 0) is 0 Å². The molecule has 0 bridgehead atoms. The first-order valence-corrected chi connectivity index (χ1v) is 7.87. The van der Waals surface area contributed by atoms with E-state index in [1.807, 2.05) is 0 Å². The van der Waals surface area contributed by atoms with Gasteiger partial charge in [-0.2, -0.15) is 0 Å². The molecule has 1 aromatic carbocycles. The van der Waals surface area contributed by atoms with Crippen molar-refractivity contribution in [2.45, 2.75) is 32.2 Å². The van der Waals surface area contributed by atoms with Crippen LogP contribution in [0.5, 0.6) is 0 Å². The molecule has 1 heterocycles. The monoisotopic (exact) mass is 273 g/mol. The Bertz CT molecular complexity index is 457. The Hall–Kier alpha value is -1.06. The van der Waals surface area contributed by atoms with E-state index in [1.165, 1.54) is 24.1 Å². The fraction of sp³-hybridized carbons (Fsp3) is 0.647. The average Bonchev–Trinajstić information content (AvgIpc) is 3.24. The summed E-state index contributed by atoms with van der Waals surface area (Å²) in [4.78, 5) is 5.04. The summed E-state index contributed by atoms with van der Waals surface area (Å²) >= 11 is 0. The van der Waals surface area contributed by atoms with Crippen LogP contribution in [0, 0.1) is 12.8 Å². The molecule has 1 aliphatic carbocycles. The topological polar surface area (TPSA) is 32.5 Å². The second kappa shape index (κ2) is 5.38. The van der Waals surface area contributed by atoms with Crippen LogP contribution in [0.1, 0.15) is 25.3 Å². The van der Waals surface area contributed by atoms with Gasteiger partial charge in [-0.3, -0.25) is 4.90 Å². The average molecular weight is 273 g/mol. The van der Waals surface area contributed by atoms with Gasteiger partial charge in [-0.25, -0.2) is 0 Å². The van der Waals surface area contributed by atoms with Crippen molar-refractivity contribution in [2.75, 3.05) is 37.6 Å². The maximum atomic E-state index is 6.46. The van der Waals surface area contributed by atoms with Crippen molar-refractivity contribution in [2.24, 2.45) is 11.7 Å². The molecule has 3 heteroatoms. The minimum Gasteiger partial charge on any atom is -0.369 e. The van der Waals surface area contributed by atoms with E-state index < -0.39 is 0 Å². The highest BCUT2D eigenvalue weighted by atomic mass is 15.3. The summed E-state index contributed by atoms with van der Waals surface area (Å²) in [5, 5.41) is 0. The maximum Gasteiger partial charge on any atom is 0.0369 e. The van der Waals surface area contributed by atoms with E-state index in [1.54, 1.807) is 0 Å². The van der Waals surface area contributed by atoms with Crippen molar-refractivity contribution in [3.63, 3.8) is 0 Å². The third kappa shape index (κ3) is 3.15. The van der Waals surface area contributed by atoms with Crippen molar-refractivity contribution < 1.29 is 0 Å². The number of hydrogen-bond donors (Lipinski definition) is 1. The Kier molecular flexibility index (Phi) is 3.74. The molecule has 20 heavy (non-hydrogen) atoms. The molecule has 1 aliphatic heterocycles. The summed E-state index contributed by atoms with van der Waals surface area (Å²) in [5.41, 5.74) is 9.19. The lowest BCUT2D eigenvalue weighted by molar-refractivity contribution is 0.193. The third-order valence-corrected chi connectivity index (χ3v) is 4.81. The Morgan fingerprint density at radius 1 is 1.20 bits per heavy atom. The molecule has 0 radical (unpaired) electrons.